The van der Waals surface area contributed by atoms with E-state index in [9.17, 15) is 13.2 Å². The smallest absolute Gasteiger partial charge is 0.370 e. The number of rotatable bonds is 6. The molecule has 2 N–H and O–H groups in total. The van der Waals surface area contributed by atoms with Crippen molar-refractivity contribution in [2.24, 2.45) is 0 Å². The van der Waals surface area contributed by atoms with Gasteiger partial charge >= 0.3 is 6.18 Å². The molecule has 0 spiro atoms. The van der Waals surface area contributed by atoms with Gasteiger partial charge in [-0.05, 0) is 31.6 Å². The van der Waals surface area contributed by atoms with Crippen LogP contribution in [0.4, 0.5) is 19.0 Å². The van der Waals surface area contributed by atoms with Crippen LogP contribution in [0.3, 0.4) is 0 Å². The second kappa shape index (κ2) is 6.44. The molecule has 0 bridgehead atoms. The maximum Gasteiger partial charge on any atom is 0.419 e. The van der Waals surface area contributed by atoms with E-state index < -0.39 is 11.7 Å². The quantitative estimate of drug-likeness (QED) is 0.758. The van der Waals surface area contributed by atoms with Crippen LogP contribution in [0.5, 0.6) is 0 Å². The SMILES string of the molecule is CCNCCCNc1ncccc1C(F)(F)F. The second-order valence-corrected chi connectivity index (χ2v) is 3.53. The van der Waals surface area contributed by atoms with E-state index in [0.717, 1.165) is 25.6 Å². The molecular formula is C11H16F3N3. The second-order valence-electron chi connectivity index (χ2n) is 3.53. The van der Waals surface area contributed by atoms with Crippen LogP contribution in [0.1, 0.15) is 18.9 Å². The number of halogens is 3. The first-order valence-corrected chi connectivity index (χ1v) is 5.52. The minimum Gasteiger partial charge on any atom is -0.370 e. The molecule has 0 aromatic carbocycles. The third kappa shape index (κ3) is 4.60. The number of aromatic nitrogens is 1. The minimum absolute atomic E-state index is 0.100. The highest BCUT2D eigenvalue weighted by Gasteiger charge is 2.33. The molecule has 3 nitrogen and oxygen atoms in total. The van der Waals surface area contributed by atoms with Crippen molar-refractivity contribution < 1.29 is 13.2 Å². The molecule has 1 aromatic rings. The van der Waals surface area contributed by atoms with Gasteiger partial charge in [0.15, 0.2) is 0 Å². The number of hydrogen-bond acceptors (Lipinski definition) is 3. The molecule has 6 heteroatoms. The summed E-state index contributed by atoms with van der Waals surface area (Å²) in [5.74, 6) is -0.100. The zero-order valence-corrected chi connectivity index (χ0v) is 9.64. The van der Waals surface area contributed by atoms with Gasteiger partial charge in [0.2, 0.25) is 0 Å². The van der Waals surface area contributed by atoms with Crippen molar-refractivity contribution in [3.63, 3.8) is 0 Å². The summed E-state index contributed by atoms with van der Waals surface area (Å²) < 4.78 is 37.8. The third-order valence-corrected chi connectivity index (χ3v) is 2.19. The van der Waals surface area contributed by atoms with Crippen molar-refractivity contribution in [3.8, 4) is 0 Å². The summed E-state index contributed by atoms with van der Waals surface area (Å²) in [6.45, 7) is 4.08. The zero-order chi connectivity index (χ0) is 12.7. The number of hydrogen-bond donors (Lipinski definition) is 2. The fourth-order valence-corrected chi connectivity index (χ4v) is 1.37. The largest absolute Gasteiger partial charge is 0.419 e. The van der Waals surface area contributed by atoms with Gasteiger partial charge in [0.25, 0.3) is 0 Å². The third-order valence-electron chi connectivity index (χ3n) is 2.19. The fourth-order valence-electron chi connectivity index (χ4n) is 1.37. The molecule has 0 aliphatic carbocycles. The lowest BCUT2D eigenvalue weighted by atomic mass is 10.2. The van der Waals surface area contributed by atoms with Gasteiger partial charge in [-0.15, -0.1) is 0 Å². The van der Waals surface area contributed by atoms with Gasteiger partial charge in [0.1, 0.15) is 5.82 Å². The van der Waals surface area contributed by atoms with Crippen molar-refractivity contribution in [3.05, 3.63) is 23.9 Å². The van der Waals surface area contributed by atoms with Crippen LogP contribution in [-0.2, 0) is 6.18 Å². The lowest BCUT2D eigenvalue weighted by Crippen LogP contribution is -2.18. The molecule has 96 valence electrons. The molecule has 0 aliphatic heterocycles. The number of nitrogens with zero attached hydrogens (tertiary/aromatic N) is 1. The van der Waals surface area contributed by atoms with Gasteiger partial charge in [-0.2, -0.15) is 13.2 Å². The average molecular weight is 247 g/mol. The van der Waals surface area contributed by atoms with Crippen molar-refractivity contribution in [1.29, 1.82) is 0 Å². The molecule has 0 amide bonds. The summed E-state index contributed by atoms with van der Waals surface area (Å²) in [5, 5.41) is 5.80. The maximum absolute atomic E-state index is 12.6. The molecule has 0 saturated heterocycles. The Morgan fingerprint density at radius 1 is 1.29 bits per heavy atom. The van der Waals surface area contributed by atoms with Crippen LogP contribution in [0.2, 0.25) is 0 Å². The van der Waals surface area contributed by atoms with E-state index in [1.807, 2.05) is 6.92 Å². The van der Waals surface area contributed by atoms with Gasteiger partial charge in [-0.3, -0.25) is 0 Å². The van der Waals surface area contributed by atoms with Gasteiger partial charge in [-0.1, -0.05) is 6.92 Å². The molecular weight excluding hydrogens is 231 g/mol. The van der Waals surface area contributed by atoms with E-state index in [0.29, 0.717) is 6.54 Å². The first-order chi connectivity index (χ1) is 8.05. The Balaban J connectivity index is 2.53. The molecule has 0 aliphatic rings. The molecule has 0 saturated carbocycles. The summed E-state index contributed by atoms with van der Waals surface area (Å²) in [6.07, 6.45) is -2.26. The van der Waals surface area contributed by atoms with Gasteiger partial charge in [0.05, 0.1) is 5.56 Å². The van der Waals surface area contributed by atoms with E-state index >= 15 is 0 Å². The summed E-state index contributed by atoms with van der Waals surface area (Å²) in [6, 6.07) is 2.31. The summed E-state index contributed by atoms with van der Waals surface area (Å²) in [5.41, 5.74) is -0.719. The number of anilines is 1. The Labute approximate surface area is 98.4 Å². The molecule has 1 rings (SSSR count). The lowest BCUT2D eigenvalue weighted by Gasteiger charge is -2.13. The van der Waals surface area contributed by atoms with Crippen LogP contribution in [0.25, 0.3) is 0 Å². The molecule has 1 heterocycles. The molecule has 0 unspecified atom stereocenters. The summed E-state index contributed by atoms with van der Waals surface area (Å²) in [7, 11) is 0. The van der Waals surface area contributed by atoms with E-state index in [1.165, 1.54) is 12.3 Å². The monoisotopic (exact) mass is 247 g/mol. The lowest BCUT2D eigenvalue weighted by molar-refractivity contribution is -0.137. The standard InChI is InChI=1S/C11H16F3N3/c1-2-15-6-4-8-17-10-9(11(12,13)14)5-3-7-16-10/h3,5,7,15H,2,4,6,8H2,1H3,(H,16,17). The van der Waals surface area contributed by atoms with Crippen LogP contribution >= 0.6 is 0 Å². The molecule has 0 fully saturated rings. The highest BCUT2D eigenvalue weighted by atomic mass is 19.4. The average Bonchev–Trinajstić information content (AvgIpc) is 2.28. The van der Waals surface area contributed by atoms with E-state index in [1.54, 1.807) is 0 Å². The molecule has 1 aromatic heterocycles. The first-order valence-electron chi connectivity index (χ1n) is 5.52. The van der Waals surface area contributed by atoms with Crippen LogP contribution < -0.4 is 10.6 Å². The highest BCUT2D eigenvalue weighted by molar-refractivity contribution is 5.45. The maximum atomic E-state index is 12.6. The van der Waals surface area contributed by atoms with Crippen LogP contribution in [-0.4, -0.2) is 24.6 Å². The number of nitrogens with one attached hydrogen (secondary N) is 2. The Bertz CT molecular complexity index is 339. The highest BCUT2D eigenvalue weighted by Crippen LogP contribution is 2.33. The Kier molecular flexibility index (Phi) is 5.21. The predicted molar refractivity (Wildman–Crippen MR) is 60.9 cm³/mol. The van der Waals surface area contributed by atoms with Crippen LogP contribution in [0.15, 0.2) is 18.3 Å². The van der Waals surface area contributed by atoms with E-state index in [-0.39, 0.29) is 5.82 Å². The number of alkyl halides is 3. The van der Waals surface area contributed by atoms with Crippen molar-refractivity contribution in [1.82, 2.24) is 10.3 Å². The van der Waals surface area contributed by atoms with E-state index in [2.05, 4.69) is 15.6 Å². The zero-order valence-electron chi connectivity index (χ0n) is 9.64. The topological polar surface area (TPSA) is 37.0 Å². The van der Waals surface area contributed by atoms with Crippen molar-refractivity contribution >= 4 is 5.82 Å². The summed E-state index contributed by atoms with van der Waals surface area (Å²) >= 11 is 0. The molecule has 17 heavy (non-hydrogen) atoms. The number of pyridine rings is 1. The van der Waals surface area contributed by atoms with Gasteiger partial charge in [-0.25, -0.2) is 4.98 Å². The van der Waals surface area contributed by atoms with Crippen molar-refractivity contribution in [2.45, 2.75) is 19.5 Å². The predicted octanol–water partition coefficient (Wildman–Crippen LogP) is 2.51. The Hall–Kier alpha value is -1.30. The van der Waals surface area contributed by atoms with Gasteiger partial charge < -0.3 is 10.6 Å². The fraction of sp³-hybridized carbons (Fsp3) is 0.545. The minimum atomic E-state index is -4.36. The molecule has 0 radical (unpaired) electrons. The first kappa shape index (κ1) is 13.8. The normalized spacial score (nSPS) is 11.5. The summed E-state index contributed by atoms with van der Waals surface area (Å²) in [4.78, 5) is 3.71. The Morgan fingerprint density at radius 3 is 2.71 bits per heavy atom. The van der Waals surface area contributed by atoms with Crippen molar-refractivity contribution in [2.75, 3.05) is 25.0 Å². The van der Waals surface area contributed by atoms with Crippen LogP contribution in [0, 0.1) is 0 Å². The Morgan fingerprint density at radius 2 is 2.06 bits per heavy atom. The van der Waals surface area contributed by atoms with E-state index in [4.69, 9.17) is 0 Å². The van der Waals surface area contributed by atoms with Gasteiger partial charge in [0, 0.05) is 12.7 Å². The molecule has 0 atom stereocenters.